The number of phenols is 1. The highest BCUT2D eigenvalue weighted by atomic mass is 16.5. The lowest BCUT2D eigenvalue weighted by Crippen LogP contribution is -2.45. The van der Waals surface area contributed by atoms with E-state index < -0.39 is 0 Å². The predicted octanol–water partition coefficient (Wildman–Crippen LogP) is 5.91. The third-order valence-corrected chi connectivity index (χ3v) is 6.99. The molecule has 0 aromatic heterocycles. The van der Waals surface area contributed by atoms with E-state index in [2.05, 4.69) is 20.8 Å². The molecule has 0 unspecified atom stereocenters. The number of hydrogen-bond acceptors (Lipinski definition) is 4. The molecule has 1 saturated carbocycles. The lowest BCUT2D eigenvalue weighted by Gasteiger charge is -2.49. The third kappa shape index (κ3) is 3.68. The summed E-state index contributed by atoms with van der Waals surface area (Å²) in [5.41, 5.74) is 2.09. The number of fused-ring (bicyclic) bond motifs is 4. The van der Waals surface area contributed by atoms with Crippen LogP contribution in [0.3, 0.4) is 0 Å². The summed E-state index contributed by atoms with van der Waals surface area (Å²) in [7, 11) is 1.62. The van der Waals surface area contributed by atoms with E-state index in [-0.39, 0.29) is 23.1 Å². The molecule has 30 heavy (non-hydrogen) atoms. The van der Waals surface area contributed by atoms with Crippen molar-refractivity contribution in [3.63, 3.8) is 0 Å². The summed E-state index contributed by atoms with van der Waals surface area (Å²) in [5.74, 6) is 2.35. The predicted molar refractivity (Wildman–Crippen MR) is 118 cm³/mol. The third-order valence-electron chi connectivity index (χ3n) is 6.99. The molecule has 0 saturated heterocycles. The topological polar surface area (TPSA) is 55.8 Å². The van der Waals surface area contributed by atoms with E-state index >= 15 is 0 Å². The largest absolute Gasteiger partial charge is 0.507 e. The van der Waals surface area contributed by atoms with Gasteiger partial charge in [0.2, 0.25) is 0 Å². The van der Waals surface area contributed by atoms with Gasteiger partial charge in [0.25, 0.3) is 0 Å². The van der Waals surface area contributed by atoms with Crippen LogP contribution in [-0.2, 0) is 6.42 Å². The molecule has 3 atom stereocenters. The number of methoxy groups -OCH3 is 1. The van der Waals surface area contributed by atoms with Crippen LogP contribution in [0.5, 0.6) is 17.2 Å². The Morgan fingerprint density at radius 3 is 2.70 bits per heavy atom. The van der Waals surface area contributed by atoms with Crippen LogP contribution in [0.4, 0.5) is 0 Å². The molecule has 2 bridgehead atoms. The van der Waals surface area contributed by atoms with Gasteiger partial charge in [0.1, 0.15) is 28.4 Å². The van der Waals surface area contributed by atoms with Crippen molar-refractivity contribution in [3.05, 3.63) is 53.1 Å². The van der Waals surface area contributed by atoms with Crippen molar-refractivity contribution < 1.29 is 19.4 Å². The van der Waals surface area contributed by atoms with Gasteiger partial charge in [0.15, 0.2) is 5.78 Å². The maximum absolute atomic E-state index is 13.3. The van der Waals surface area contributed by atoms with Gasteiger partial charge >= 0.3 is 0 Å². The Kier molecular flexibility index (Phi) is 5.52. The summed E-state index contributed by atoms with van der Waals surface area (Å²) in [6, 6.07) is 11.6. The highest BCUT2D eigenvalue weighted by molar-refractivity contribution is 6.02. The fraction of sp³-hybridized carbons (Fsp3) is 0.500. The number of rotatable bonds is 6. The van der Waals surface area contributed by atoms with E-state index in [0.717, 1.165) is 30.4 Å². The quantitative estimate of drug-likeness (QED) is 0.604. The zero-order chi connectivity index (χ0) is 21.5. The van der Waals surface area contributed by atoms with Crippen molar-refractivity contribution in [2.75, 3.05) is 7.11 Å². The average molecular weight is 409 g/mol. The van der Waals surface area contributed by atoms with Crippen LogP contribution in [0.2, 0.25) is 0 Å². The first-order chi connectivity index (χ1) is 14.3. The number of aryl methyl sites for hydroxylation is 1. The number of ether oxygens (including phenoxy) is 2. The van der Waals surface area contributed by atoms with Gasteiger partial charge < -0.3 is 14.6 Å². The SMILES string of the molecule is COc1cc(O)c(C(=O)CCc2ccccc2)c2c1[C@@H]1C[C@](C)(CC[C@@H]1C(C)C)O2. The minimum Gasteiger partial charge on any atom is -0.507 e. The van der Waals surface area contributed by atoms with Gasteiger partial charge in [-0.3, -0.25) is 4.79 Å². The number of Topliss-reactive ketones (excluding diaryl/α,β-unsaturated/α-hetero) is 1. The fourth-order valence-electron chi connectivity index (χ4n) is 5.40. The Hall–Kier alpha value is -2.49. The summed E-state index contributed by atoms with van der Waals surface area (Å²) in [6.45, 7) is 6.66. The standard InChI is InChI=1S/C26H32O4/c1-16(2)18-12-13-26(3)15-19(18)23-22(29-4)14-21(28)24(25(23)30-26)20(27)11-10-17-8-6-5-7-9-17/h5-9,14,16,18-19,28H,10-13,15H2,1-4H3/t18-,19-,26+/m1/s1. The number of carbonyl (C=O) groups is 1. The number of phenolic OH excluding ortho intramolecular Hbond substituents is 1. The van der Waals surface area contributed by atoms with Crippen molar-refractivity contribution in [3.8, 4) is 17.2 Å². The maximum Gasteiger partial charge on any atom is 0.170 e. The number of hydrogen-bond donors (Lipinski definition) is 1. The van der Waals surface area contributed by atoms with E-state index in [1.54, 1.807) is 13.2 Å². The summed E-state index contributed by atoms with van der Waals surface area (Å²) >= 11 is 0. The normalized spacial score (nSPS) is 24.8. The molecule has 1 N–H and O–H groups in total. The number of ketones is 1. The van der Waals surface area contributed by atoms with Gasteiger partial charge in [-0.25, -0.2) is 0 Å². The molecule has 0 radical (unpaired) electrons. The summed E-state index contributed by atoms with van der Waals surface area (Å²) in [4.78, 5) is 13.3. The van der Waals surface area contributed by atoms with E-state index in [9.17, 15) is 9.90 Å². The molecule has 0 amide bonds. The summed E-state index contributed by atoms with van der Waals surface area (Å²) < 4.78 is 12.1. The molecule has 4 rings (SSSR count). The summed E-state index contributed by atoms with van der Waals surface area (Å²) in [6.07, 6.45) is 3.94. The molecule has 4 heteroatoms. The van der Waals surface area contributed by atoms with Crippen LogP contribution < -0.4 is 9.47 Å². The van der Waals surface area contributed by atoms with Crippen LogP contribution >= 0.6 is 0 Å². The van der Waals surface area contributed by atoms with Crippen molar-refractivity contribution >= 4 is 5.78 Å². The van der Waals surface area contributed by atoms with Gasteiger partial charge in [-0.2, -0.15) is 0 Å². The van der Waals surface area contributed by atoms with Gasteiger partial charge in [-0.1, -0.05) is 44.2 Å². The maximum atomic E-state index is 13.3. The first-order valence-corrected chi connectivity index (χ1v) is 11.0. The molecule has 1 fully saturated rings. The summed E-state index contributed by atoms with van der Waals surface area (Å²) in [5, 5.41) is 10.8. The molecule has 4 nitrogen and oxygen atoms in total. The molecular weight excluding hydrogens is 376 g/mol. The van der Waals surface area contributed by atoms with Crippen LogP contribution in [0, 0.1) is 11.8 Å². The number of benzene rings is 2. The van der Waals surface area contributed by atoms with Gasteiger partial charge in [0.05, 0.1) is 7.11 Å². The number of aromatic hydroxyl groups is 1. The Morgan fingerprint density at radius 1 is 1.30 bits per heavy atom. The lowest BCUT2D eigenvalue weighted by molar-refractivity contribution is -0.00940. The Morgan fingerprint density at radius 2 is 2.03 bits per heavy atom. The monoisotopic (exact) mass is 408 g/mol. The first kappa shape index (κ1) is 20.8. The highest BCUT2D eigenvalue weighted by Gasteiger charge is 2.48. The fourth-order valence-corrected chi connectivity index (χ4v) is 5.40. The van der Waals surface area contributed by atoms with Gasteiger partial charge in [0, 0.05) is 18.1 Å². The zero-order valence-electron chi connectivity index (χ0n) is 18.4. The van der Waals surface area contributed by atoms with E-state index in [1.165, 1.54) is 0 Å². The second-order valence-corrected chi connectivity index (χ2v) is 9.43. The molecule has 2 aromatic carbocycles. The van der Waals surface area contributed by atoms with Crippen molar-refractivity contribution in [2.24, 2.45) is 11.8 Å². The molecule has 1 aliphatic heterocycles. The van der Waals surface area contributed by atoms with Crippen molar-refractivity contribution in [1.82, 2.24) is 0 Å². The lowest BCUT2D eigenvalue weighted by atomic mass is 9.64. The minimum absolute atomic E-state index is 0.0478. The Bertz CT molecular complexity index is 934. The first-order valence-electron chi connectivity index (χ1n) is 11.0. The van der Waals surface area contributed by atoms with E-state index in [4.69, 9.17) is 9.47 Å². The second kappa shape index (κ2) is 7.98. The van der Waals surface area contributed by atoms with Crippen LogP contribution in [0.15, 0.2) is 36.4 Å². The van der Waals surface area contributed by atoms with E-state index in [0.29, 0.717) is 41.7 Å². The van der Waals surface area contributed by atoms with Crippen molar-refractivity contribution in [1.29, 1.82) is 0 Å². The minimum atomic E-state index is -0.309. The molecule has 2 aliphatic rings. The van der Waals surface area contributed by atoms with Crippen LogP contribution in [0.25, 0.3) is 0 Å². The average Bonchev–Trinajstić information content (AvgIpc) is 2.71. The molecule has 2 aromatic rings. The highest BCUT2D eigenvalue weighted by Crippen LogP contribution is 2.58. The molecule has 0 spiro atoms. The van der Waals surface area contributed by atoms with E-state index in [1.807, 2.05) is 30.3 Å². The molecule has 160 valence electrons. The number of carbonyl (C=O) groups excluding carboxylic acids is 1. The smallest absolute Gasteiger partial charge is 0.170 e. The zero-order valence-corrected chi connectivity index (χ0v) is 18.4. The Balaban J connectivity index is 1.76. The van der Waals surface area contributed by atoms with Gasteiger partial charge in [-0.05, 0) is 55.9 Å². The molecule has 1 heterocycles. The van der Waals surface area contributed by atoms with Crippen LogP contribution in [-0.4, -0.2) is 23.6 Å². The Labute approximate surface area is 179 Å². The molecule has 1 aliphatic carbocycles. The van der Waals surface area contributed by atoms with Crippen LogP contribution in [0.1, 0.15) is 73.9 Å². The molecular formula is C26H32O4. The van der Waals surface area contributed by atoms with Crippen molar-refractivity contribution in [2.45, 2.75) is 64.4 Å². The second-order valence-electron chi connectivity index (χ2n) is 9.43. The van der Waals surface area contributed by atoms with Gasteiger partial charge in [-0.15, -0.1) is 0 Å².